The summed E-state index contributed by atoms with van der Waals surface area (Å²) in [5, 5.41) is 17.3. The number of amides is 1. The molecule has 1 spiro atoms. The van der Waals surface area contributed by atoms with Crippen LogP contribution in [0.1, 0.15) is 45.5 Å². The molecule has 0 aliphatic carbocycles. The zero-order valence-electron chi connectivity index (χ0n) is 13.7. The van der Waals surface area contributed by atoms with Crippen LogP contribution in [0.15, 0.2) is 6.33 Å². The van der Waals surface area contributed by atoms with Crippen molar-refractivity contribution in [3.63, 3.8) is 0 Å². The van der Waals surface area contributed by atoms with E-state index in [4.69, 9.17) is 5.11 Å². The lowest BCUT2D eigenvalue weighted by Gasteiger charge is -2.41. The van der Waals surface area contributed by atoms with Crippen molar-refractivity contribution >= 4 is 17.5 Å². The summed E-state index contributed by atoms with van der Waals surface area (Å²) >= 11 is -1.22. The Kier molecular flexibility index (Phi) is 4.06. The van der Waals surface area contributed by atoms with E-state index in [1.807, 2.05) is 25.3 Å². The van der Waals surface area contributed by atoms with Crippen LogP contribution < -0.4 is 4.72 Å². The fourth-order valence-electron chi connectivity index (χ4n) is 3.37. The molecular weight excluding hydrogens is 318 g/mol. The molecule has 8 nitrogen and oxygen atoms in total. The number of fused-ring (bicyclic) bond motifs is 1. The van der Waals surface area contributed by atoms with Crippen LogP contribution in [0.4, 0.5) is 4.79 Å². The van der Waals surface area contributed by atoms with Gasteiger partial charge < -0.3 is 19.1 Å². The first-order chi connectivity index (χ1) is 10.7. The Morgan fingerprint density at radius 3 is 2.70 bits per heavy atom. The Balaban J connectivity index is 1.83. The number of carbonyl (C=O) groups is 1. The van der Waals surface area contributed by atoms with E-state index in [0.29, 0.717) is 13.1 Å². The second-order valence-electron chi connectivity index (χ2n) is 7.38. The van der Waals surface area contributed by atoms with Crippen molar-refractivity contribution in [1.82, 2.24) is 24.4 Å². The van der Waals surface area contributed by atoms with Gasteiger partial charge in [0.1, 0.15) is 17.1 Å². The largest absolute Gasteiger partial charge is 0.598 e. The number of nitrogens with one attached hydrogen (secondary N) is 1. The van der Waals surface area contributed by atoms with Crippen LogP contribution in [0, 0.1) is 5.41 Å². The lowest BCUT2D eigenvalue weighted by Crippen LogP contribution is -2.50. The van der Waals surface area contributed by atoms with Crippen molar-refractivity contribution in [2.24, 2.45) is 5.41 Å². The third kappa shape index (κ3) is 2.92. The number of likely N-dealkylation sites (tertiary alicyclic amines) is 1. The summed E-state index contributed by atoms with van der Waals surface area (Å²) < 4.78 is 17.5. The average Bonchev–Trinajstić information content (AvgIpc) is 3.00. The van der Waals surface area contributed by atoms with Crippen LogP contribution in [0.2, 0.25) is 0 Å². The topological polar surface area (TPSA) is 106 Å². The second kappa shape index (κ2) is 5.64. The Morgan fingerprint density at radius 1 is 1.48 bits per heavy atom. The molecule has 1 aromatic rings. The zero-order chi connectivity index (χ0) is 16.8. The minimum absolute atomic E-state index is 0.155. The lowest BCUT2D eigenvalue weighted by atomic mass is 9.74. The molecular formula is C14H23N5O3S. The molecule has 2 aliphatic heterocycles. The van der Waals surface area contributed by atoms with Gasteiger partial charge in [-0.15, -0.1) is 14.9 Å². The van der Waals surface area contributed by atoms with Crippen molar-refractivity contribution in [1.29, 1.82) is 0 Å². The van der Waals surface area contributed by atoms with Gasteiger partial charge in [0.15, 0.2) is 5.82 Å². The number of piperidine rings is 1. The van der Waals surface area contributed by atoms with E-state index in [9.17, 15) is 9.35 Å². The molecule has 128 valence electrons. The third-order valence-electron chi connectivity index (χ3n) is 4.81. The van der Waals surface area contributed by atoms with Gasteiger partial charge in [-0.2, -0.15) is 0 Å². The zero-order valence-corrected chi connectivity index (χ0v) is 14.5. The molecule has 2 atom stereocenters. The summed E-state index contributed by atoms with van der Waals surface area (Å²) in [6.45, 7) is 7.50. The maximum Gasteiger partial charge on any atom is 0.407 e. The predicted octanol–water partition coefficient (Wildman–Crippen LogP) is 1.14. The Bertz CT molecular complexity index is 591. The van der Waals surface area contributed by atoms with E-state index in [-0.39, 0.29) is 16.2 Å². The summed E-state index contributed by atoms with van der Waals surface area (Å²) in [4.78, 5) is 12.6. The van der Waals surface area contributed by atoms with Gasteiger partial charge in [-0.3, -0.25) is 0 Å². The van der Waals surface area contributed by atoms with Crippen molar-refractivity contribution in [2.75, 3.05) is 13.1 Å². The van der Waals surface area contributed by atoms with Crippen molar-refractivity contribution in [3.8, 4) is 0 Å². The van der Waals surface area contributed by atoms with E-state index < -0.39 is 17.5 Å². The fraction of sp³-hybridized carbons (Fsp3) is 0.786. The summed E-state index contributed by atoms with van der Waals surface area (Å²) in [7, 11) is 0. The minimum Gasteiger partial charge on any atom is -0.598 e. The molecule has 3 heterocycles. The summed E-state index contributed by atoms with van der Waals surface area (Å²) in [6.07, 6.45) is 2.27. The van der Waals surface area contributed by atoms with Crippen LogP contribution in [-0.2, 0) is 17.9 Å². The SMILES string of the molecule is CC(C)(C)[S@@+]([O-])N[C@@H]1c2nncn2CC12CCN(C(=O)O)CC2. The summed E-state index contributed by atoms with van der Waals surface area (Å²) in [5.74, 6) is 0.798. The van der Waals surface area contributed by atoms with Crippen molar-refractivity contribution in [3.05, 3.63) is 12.2 Å². The van der Waals surface area contributed by atoms with Gasteiger partial charge in [0, 0.05) is 36.4 Å². The van der Waals surface area contributed by atoms with E-state index in [1.54, 1.807) is 6.33 Å². The number of rotatable bonds is 2. The second-order valence-corrected chi connectivity index (χ2v) is 9.38. The maximum atomic E-state index is 12.6. The molecule has 0 aromatic carbocycles. The van der Waals surface area contributed by atoms with Gasteiger partial charge in [0.25, 0.3) is 0 Å². The van der Waals surface area contributed by atoms with E-state index in [1.165, 1.54) is 4.90 Å². The Labute approximate surface area is 138 Å². The van der Waals surface area contributed by atoms with Crippen LogP contribution in [0.25, 0.3) is 0 Å². The lowest BCUT2D eigenvalue weighted by molar-refractivity contribution is 0.0706. The number of aromatic nitrogens is 3. The maximum absolute atomic E-state index is 12.6. The first kappa shape index (κ1) is 16.5. The monoisotopic (exact) mass is 341 g/mol. The molecule has 1 fully saturated rings. The van der Waals surface area contributed by atoms with Crippen LogP contribution in [-0.4, -0.2) is 53.3 Å². The van der Waals surface area contributed by atoms with Crippen molar-refractivity contribution < 1.29 is 14.5 Å². The fourth-order valence-corrected chi connectivity index (χ4v) is 4.29. The molecule has 2 aliphatic rings. The van der Waals surface area contributed by atoms with Crippen LogP contribution in [0.3, 0.4) is 0 Å². The molecule has 0 radical (unpaired) electrons. The molecule has 2 N–H and O–H groups in total. The number of nitrogens with zero attached hydrogens (tertiary/aromatic N) is 4. The predicted molar refractivity (Wildman–Crippen MR) is 85.1 cm³/mol. The molecule has 1 saturated heterocycles. The van der Waals surface area contributed by atoms with Gasteiger partial charge in [-0.25, -0.2) is 4.79 Å². The highest BCUT2D eigenvalue weighted by Gasteiger charge is 2.52. The summed E-state index contributed by atoms with van der Waals surface area (Å²) in [5.41, 5.74) is -0.155. The summed E-state index contributed by atoms with van der Waals surface area (Å²) in [6, 6.07) is -0.166. The third-order valence-corrected chi connectivity index (χ3v) is 6.37. The minimum atomic E-state index is -1.22. The quantitative estimate of drug-likeness (QED) is 0.782. The van der Waals surface area contributed by atoms with Gasteiger partial charge in [0.2, 0.25) is 0 Å². The molecule has 1 amide bonds. The number of carboxylic acid groups (broad SMARTS) is 1. The molecule has 0 saturated carbocycles. The van der Waals surface area contributed by atoms with Gasteiger partial charge in [0.05, 0.1) is 0 Å². The van der Waals surface area contributed by atoms with Crippen molar-refractivity contribution in [2.45, 2.75) is 50.9 Å². The van der Waals surface area contributed by atoms with Crippen LogP contribution >= 0.6 is 0 Å². The normalized spacial score (nSPS) is 24.7. The highest BCUT2D eigenvalue weighted by atomic mass is 32.2. The molecule has 9 heteroatoms. The molecule has 1 aromatic heterocycles. The van der Waals surface area contributed by atoms with E-state index in [2.05, 4.69) is 14.9 Å². The van der Waals surface area contributed by atoms with Gasteiger partial charge >= 0.3 is 6.09 Å². The number of hydrogen-bond acceptors (Lipinski definition) is 5. The Hall–Kier alpha value is -1.32. The van der Waals surface area contributed by atoms with Gasteiger partial charge in [-0.05, 0) is 33.6 Å². The average molecular weight is 341 g/mol. The first-order valence-corrected chi connectivity index (χ1v) is 8.92. The molecule has 0 bridgehead atoms. The number of hydrogen-bond donors (Lipinski definition) is 2. The van der Waals surface area contributed by atoms with E-state index in [0.717, 1.165) is 25.2 Å². The smallest absolute Gasteiger partial charge is 0.407 e. The standard InChI is InChI=1S/C14H23N5O3S/c1-13(2,3)23(22)17-10-11-16-15-9-19(11)8-14(10)4-6-18(7-5-14)12(20)21/h9-10,17H,4-8H2,1-3H3,(H,20,21)/t10-,23-/m1/s1. The highest BCUT2D eigenvalue weighted by molar-refractivity contribution is 7.90. The molecule has 3 rings (SSSR count). The van der Waals surface area contributed by atoms with E-state index >= 15 is 0 Å². The molecule has 23 heavy (non-hydrogen) atoms. The first-order valence-electron chi connectivity index (χ1n) is 7.77. The highest BCUT2D eigenvalue weighted by Crippen LogP contribution is 2.49. The van der Waals surface area contributed by atoms with Gasteiger partial charge in [-0.1, -0.05) is 0 Å². The van der Waals surface area contributed by atoms with Crippen LogP contribution in [0.5, 0.6) is 0 Å². The Morgan fingerprint density at radius 2 is 2.13 bits per heavy atom. The molecule has 0 unspecified atom stereocenters.